The van der Waals surface area contributed by atoms with Crippen molar-refractivity contribution >= 4 is 11.6 Å². The first-order chi connectivity index (χ1) is 7.84. The molecule has 3 nitrogen and oxygen atoms in total. The summed E-state index contributed by atoms with van der Waals surface area (Å²) < 4.78 is 0. The Balaban J connectivity index is 2.17. The van der Waals surface area contributed by atoms with Crippen molar-refractivity contribution in [1.29, 1.82) is 0 Å². The highest BCUT2D eigenvalue weighted by atomic mass is 16.1. The Hall–Kier alpha value is -2.16. The zero-order valence-corrected chi connectivity index (χ0v) is 8.60. The van der Waals surface area contributed by atoms with Gasteiger partial charge in [0.25, 0.3) is 0 Å². The van der Waals surface area contributed by atoms with Crippen LogP contribution < -0.4 is 5.32 Å². The second-order valence-corrected chi connectivity index (χ2v) is 3.77. The highest BCUT2D eigenvalue weighted by molar-refractivity contribution is 6.01. The van der Waals surface area contributed by atoms with Gasteiger partial charge in [0, 0.05) is 17.4 Å². The minimum Gasteiger partial charge on any atom is -0.326 e. The van der Waals surface area contributed by atoms with Gasteiger partial charge in [-0.25, -0.2) is 0 Å². The molecule has 0 fully saturated rings. The molecule has 0 saturated heterocycles. The number of anilines is 1. The molecule has 78 valence electrons. The van der Waals surface area contributed by atoms with E-state index >= 15 is 0 Å². The summed E-state index contributed by atoms with van der Waals surface area (Å²) in [6, 6.07) is 11.7. The first-order valence-corrected chi connectivity index (χ1v) is 5.18. The van der Waals surface area contributed by atoms with Crippen LogP contribution in [-0.4, -0.2) is 10.9 Å². The maximum Gasteiger partial charge on any atom is 0.228 e. The second kappa shape index (κ2) is 3.45. The summed E-state index contributed by atoms with van der Waals surface area (Å²) in [5, 5.41) is 2.84. The number of hydrogen-bond donors (Lipinski definition) is 1. The van der Waals surface area contributed by atoms with E-state index in [4.69, 9.17) is 0 Å². The summed E-state index contributed by atoms with van der Waals surface area (Å²) in [4.78, 5) is 15.7. The topological polar surface area (TPSA) is 42.0 Å². The lowest BCUT2D eigenvalue weighted by Crippen LogP contribution is -2.03. The summed E-state index contributed by atoms with van der Waals surface area (Å²) in [5.74, 6) is 0.0541. The molecular weight excluding hydrogens is 200 g/mol. The van der Waals surface area contributed by atoms with Gasteiger partial charge in [0.1, 0.15) is 0 Å². The van der Waals surface area contributed by atoms with Crippen LogP contribution in [0.4, 0.5) is 5.69 Å². The molecule has 0 saturated carbocycles. The van der Waals surface area contributed by atoms with Crippen LogP contribution in [-0.2, 0) is 11.2 Å². The van der Waals surface area contributed by atoms with E-state index in [0.29, 0.717) is 6.42 Å². The first-order valence-electron chi connectivity index (χ1n) is 5.18. The van der Waals surface area contributed by atoms with Crippen LogP contribution in [0.2, 0.25) is 0 Å². The lowest BCUT2D eigenvalue weighted by atomic mass is 10.0. The number of carbonyl (C=O) groups excluding carboxylic acids is 1. The summed E-state index contributed by atoms with van der Waals surface area (Å²) in [6.07, 6.45) is 2.21. The Labute approximate surface area is 93.1 Å². The van der Waals surface area contributed by atoms with Crippen LogP contribution >= 0.6 is 0 Å². The quantitative estimate of drug-likeness (QED) is 0.784. The van der Waals surface area contributed by atoms with Crippen molar-refractivity contribution in [3.8, 4) is 11.3 Å². The van der Waals surface area contributed by atoms with E-state index in [1.54, 1.807) is 6.20 Å². The molecular formula is C13H10N2O. The molecule has 0 unspecified atom stereocenters. The van der Waals surface area contributed by atoms with Crippen LogP contribution in [0.15, 0.2) is 42.6 Å². The molecule has 1 aromatic heterocycles. The number of pyridine rings is 1. The number of hydrogen-bond acceptors (Lipinski definition) is 2. The van der Waals surface area contributed by atoms with Gasteiger partial charge in [-0.15, -0.1) is 0 Å². The first kappa shape index (κ1) is 9.09. The van der Waals surface area contributed by atoms with E-state index in [0.717, 1.165) is 22.5 Å². The van der Waals surface area contributed by atoms with Crippen molar-refractivity contribution in [2.75, 3.05) is 5.32 Å². The Morgan fingerprint density at radius 3 is 2.88 bits per heavy atom. The van der Waals surface area contributed by atoms with Gasteiger partial charge < -0.3 is 5.32 Å². The van der Waals surface area contributed by atoms with Gasteiger partial charge in [0.2, 0.25) is 5.91 Å². The van der Waals surface area contributed by atoms with Gasteiger partial charge in [0.15, 0.2) is 0 Å². The second-order valence-electron chi connectivity index (χ2n) is 3.77. The summed E-state index contributed by atoms with van der Waals surface area (Å²) in [6.45, 7) is 0. The third kappa shape index (κ3) is 1.37. The lowest BCUT2D eigenvalue weighted by molar-refractivity contribution is -0.115. The number of nitrogens with one attached hydrogen (secondary N) is 1. The molecule has 0 atom stereocenters. The lowest BCUT2D eigenvalue weighted by Gasteiger charge is -2.05. The maximum absolute atomic E-state index is 11.4. The number of nitrogens with zero attached hydrogens (tertiary/aromatic N) is 1. The number of benzene rings is 1. The highest BCUT2D eigenvalue weighted by Crippen LogP contribution is 2.31. The molecule has 3 rings (SSSR count). The van der Waals surface area contributed by atoms with Crippen molar-refractivity contribution in [1.82, 2.24) is 4.98 Å². The number of amides is 1. The molecule has 2 heterocycles. The minimum absolute atomic E-state index is 0.0541. The van der Waals surface area contributed by atoms with Crippen molar-refractivity contribution in [3.05, 3.63) is 48.2 Å². The van der Waals surface area contributed by atoms with Crippen LogP contribution in [0.3, 0.4) is 0 Å². The Bertz CT molecular complexity index is 549. The van der Waals surface area contributed by atoms with Gasteiger partial charge in [-0.05, 0) is 23.8 Å². The highest BCUT2D eigenvalue weighted by Gasteiger charge is 2.21. The van der Waals surface area contributed by atoms with Gasteiger partial charge >= 0.3 is 0 Å². The normalized spacial score (nSPS) is 13.4. The van der Waals surface area contributed by atoms with Gasteiger partial charge in [0.05, 0.1) is 12.1 Å². The molecule has 0 aliphatic carbocycles. The van der Waals surface area contributed by atoms with Crippen molar-refractivity contribution in [3.63, 3.8) is 0 Å². The van der Waals surface area contributed by atoms with Crippen LogP contribution in [0, 0.1) is 0 Å². The smallest absolute Gasteiger partial charge is 0.228 e. The van der Waals surface area contributed by atoms with E-state index in [9.17, 15) is 4.79 Å². The molecule has 1 N–H and O–H groups in total. The largest absolute Gasteiger partial charge is 0.326 e. The van der Waals surface area contributed by atoms with Gasteiger partial charge in [-0.3, -0.25) is 9.78 Å². The Morgan fingerprint density at radius 2 is 2.06 bits per heavy atom. The SMILES string of the molecule is O=C1Cc2c(cccc2-c2ccccn2)N1. The summed E-state index contributed by atoms with van der Waals surface area (Å²) in [5.41, 5.74) is 3.91. The Kier molecular flexibility index (Phi) is 1.96. The third-order valence-electron chi connectivity index (χ3n) is 2.73. The maximum atomic E-state index is 11.4. The third-order valence-corrected chi connectivity index (χ3v) is 2.73. The molecule has 16 heavy (non-hydrogen) atoms. The van der Waals surface area contributed by atoms with Gasteiger partial charge in [-0.1, -0.05) is 18.2 Å². The molecule has 1 aromatic carbocycles. The summed E-state index contributed by atoms with van der Waals surface area (Å²) in [7, 11) is 0. The number of fused-ring (bicyclic) bond motifs is 1. The molecule has 0 bridgehead atoms. The van der Waals surface area contributed by atoms with Crippen molar-refractivity contribution in [2.45, 2.75) is 6.42 Å². The fourth-order valence-corrected chi connectivity index (χ4v) is 2.01. The molecule has 3 heteroatoms. The van der Waals surface area contributed by atoms with Crippen LogP contribution in [0.5, 0.6) is 0 Å². The molecule has 1 aliphatic heterocycles. The van der Waals surface area contributed by atoms with E-state index in [1.807, 2.05) is 36.4 Å². The predicted molar refractivity (Wildman–Crippen MR) is 62.0 cm³/mol. The Morgan fingerprint density at radius 1 is 1.12 bits per heavy atom. The number of rotatable bonds is 1. The molecule has 2 aromatic rings. The summed E-state index contributed by atoms with van der Waals surface area (Å²) >= 11 is 0. The zero-order chi connectivity index (χ0) is 11.0. The zero-order valence-electron chi connectivity index (χ0n) is 8.60. The standard InChI is InChI=1S/C13H10N2O/c16-13-8-10-9(4-3-6-12(10)15-13)11-5-1-2-7-14-11/h1-7H,8H2,(H,15,16). The van der Waals surface area contributed by atoms with E-state index in [-0.39, 0.29) is 5.91 Å². The average Bonchev–Trinajstić information content (AvgIpc) is 2.70. The fourth-order valence-electron chi connectivity index (χ4n) is 2.01. The molecule has 0 radical (unpaired) electrons. The van der Waals surface area contributed by atoms with Crippen molar-refractivity contribution in [2.24, 2.45) is 0 Å². The molecule has 1 amide bonds. The van der Waals surface area contributed by atoms with Crippen molar-refractivity contribution < 1.29 is 4.79 Å². The molecule has 0 spiro atoms. The monoisotopic (exact) mass is 210 g/mol. The van der Waals surface area contributed by atoms with E-state index < -0.39 is 0 Å². The number of aromatic nitrogens is 1. The molecule has 1 aliphatic rings. The van der Waals surface area contributed by atoms with Gasteiger partial charge in [-0.2, -0.15) is 0 Å². The van der Waals surface area contributed by atoms with E-state index in [1.165, 1.54) is 0 Å². The average molecular weight is 210 g/mol. The minimum atomic E-state index is 0.0541. The van der Waals surface area contributed by atoms with Crippen LogP contribution in [0.1, 0.15) is 5.56 Å². The fraction of sp³-hybridized carbons (Fsp3) is 0.0769. The van der Waals surface area contributed by atoms with Crippen LogP contribution in [0.25, 0.3) is 11.3 Å². The number of carbonyl (C=O) groups is 1. The van der Waals surface area contributed by atoms with E-state index in [2.05, 4.69) is 10.3 Å². The predicted octanol–water partition coefficient (Wildman–Crippen LogP) is 2.24.